The highest BCUT2D eigenvalue weighted by atomic mass is 32.2. The molecule has 0 spiro atoms. The molecule has 0 aliphatic heterocycles. The molecule has 0 saturated heterocycles. The van der Waals surface area contributed by atoms with Crippen molar-refractivity contribution in [3.05, 3.63) is 17.7 Å². The molecule has 96 valence electrons. The average Bonchev–Trinajstić information content (AvgIpc) is 2.25. The number of benzene rings is 1. The van der Waals surface area contributed by atoms with Crippen LogP contribution < -0.4 is 9.47 Å². The molecule has 0 aliphatic carbocycles. The minimum atomic E-state index is -3.52. The Kier molecular flexibility index (Phi) is 4.00. The molecule has 0 radical (unpaired) electrons. The molecule has 1 unspecified atom stereocenters. The van der Waals surface area contributed by atoms with Gasteiger partial charge in [-0.1, -0.05) is 0 Å². The molecule has 1 N–H and O–H groups in total. The summed E-state index contributed by atoms with van der Waals surface area (Å²) >= 11 is 0. The zero-order chi connectivity index (χ0) is 13.2. The fourth-order valence-corrected chi connectivity index (χ4v) is 2.87. The standard InChI is InChI=1S/C11H16O5S/c1-7(12)10-8(15-2)5-6-9(16-3)11(10)17(4,13)14/h5-7,12H,1-4H3. The van der Waals surface area contributed by atoms with Crippen LogP contribution in [-0.4, -0.2) is 34.0 Å². The number of aliphatic hydroxyl groups excluding tert-OH is 1. The van der Waals surface area contributed by atoms with Crippen LogP contribution in [0.4, 0.5) is 0 Å². The summed E-state index contributed by atoms with van der Waals surface area (Å²) in [6, 6.07) is 3.07. The van der Waals surface area contributed by atoms with E-state index in [1.165, 1.54) is 27.2 Å². The number of hydrogen-bond acceptors (Lipinski definition) is 5. The van der Waals surface area contributed by atoms with Crippen LogP contribution in [0.3, 0.4) is 0 Å². The first-order valence-electron chi connectivity index (χ1n) is 4.96. The van der Waals surface area contributed by atoms with Crippen LogP contribution in [0.5, 0.6) is 11.5 Å². The molecule has 1 atom stereocenters. The third kappa shape index (κ3) is 2.70. The Bertz CT molecular complexity index is 505. The molecular weight excluding hydrogens is 244 g/mol. The topological polar surface area (TPSA) is 72.8 Å². The molecular formula is C11H16O5S. The van der Waals surface area contributed by atoms with Gasteiger partial charge in [-0.05, 0) is 19.1 Å². The lowest BCUT2D eigenvalue weighted by Crippen LogP contribution is -2.09. The molecule has 6 heteroatoms. The predicted octanol–water partition coefficient (Wildman–Crippen LogP) is 1.16. The molecule has 0 fully saturated rings. The van der Waals surface area contributed by atoms with Crippen molar-refractivity contribution in [3.8, 4) is 11.5 Å². The summed E-state index contributed by atoms with van der Waals surface area (Å²) in [5, 5.41) is 9.70. The number of methoxy groups -OCH3 is 2. The van der Waals surface area contributed by atoms with Crippen LogP contribution in [-0.2, 0) is 9.84 Å². The lowest BCUT2D eigenvalue weighted by molar-refractivity contribution is 0.189. The van der Waals surface area contributed by atoms with Gasteiger partial charge in [0.1, 0.15) is 16.4 Å². The summed E-state index contributed by atoms with van der Waals surface area (Å²) < 4.78 is 33.6. The van der Waals surface area contributed by atoms with Gasteiger partial charge >= 0.3 is 0 Å². The second-order valence-electron chi connectivity index (χ2n) is 3.66. The number of aliphatic hydroxyl groups is 1. The minimum absolute atomic E-state index is 0.0330. The second-order valence-corrected chi connectivity index (χ2v) is 5.61. The zero-order valence-electron chi connectivity index (χ0n) is 10.2. The maximum Gasteiger partial charge on any atom is 0.179 e. The minimum Gasteiger partial charge on any atom is -0.496 e. The van der Waals surface area contributed by atoms with Gasteiger partial charge in [0.05, 0.1) is 20.3 Å². The van der Waals surface area contributed by atoms with E-state index in [0.29, 0.717) is 5.75 Å². The van der Waals surface area contributed by atoms with Crippen LogP contribution >= 0.6 is 0 Å². The molecule has 0 saturated carbocycles. The van der Waals surface area contributed by atoms with E-state index in [0.717, 1.165) is 6.26 Å². The summed E-state index contributed by atoms with van der Waals surface area (Å²) in [5.41, 5.74) is 0.217. The van der Waals surface area contributed by atoms with Gasteiger partial charge in [-0.15, -0.1) is 0 Å². The SMILES string of the molecule is COc1ccc(OC)c(S(C)(=O)=O)c1C(C)O. The van der Waals surface area contributed by atoms with E-state index in [1.54, 1.807) is 6.07 Å². The maximum atomic E-state index is 11.8. The van der Waals surface area contributed by atoms with E-state index >= 15 is 0 Å². The third-order valence-electron chi connectivity index (χ3n) is 2.35. The highest BCUT2D eigenvalue weighted by Gasteiger charge is 2.25. The first-order valence-corrected chi connectivity index (χ1v) is 6.85. The lowest BCUT2D eigenvalue weighted by atomic mass is 10.1. The molecule has 1 rings (SSSR count). The summed E-state index contributed by atoms with van der Waals surface area (Å²) in [7, 11) is -0.725. The van der Waals surface area contributed by atoms with Gasteiger partial charge in [-0.3, -0.25) is 0 Å². The van der Waals surface area contributed by atoms with Crippen molar-refractivity contribution in [2.24, 2.45) is 0 Å². The van der Waals surface area contributed by atoms with Crippen molar-refractivity contribution in [1.82, 2.24) is 0 Å². The summed E-state index contributed by atoms with van der Waals surface area (Å²) in [5.74, 6) is 0.519. The lowest BCUT2D eigenvalue weighted by Gasteiger charge is -2.17. The second kappa shape index (κ2) is 4.93. The first kappa shape index (κ1) is 13.8. The smallest absolute Gasteiger partial charge is 0.179 e. The normalized spacial score (nSPS) is 13.2. The Morgan fingerprint density at radius 2 is 1.65 bits per heavy atom. The number of ether oxygens (including phenoxy) is 2. The van der Waals surface area contributed by atoms with Crippen LogP contribution in [0.1, 0.15) is 18.6 Å². The van der Waals surface area contributed by atoms with Crippen molar-refractivity contribution >= 4 is 9.84 Å². The maximum absolute atomic E-state index is 11.8. The molecule has 0 aromatic heterocycles. The number of rotatable bonds is 4. The zero-order valence-corrected chi connectivity index (χ0v) is 11.0. The van der Waals surface area contributed by atoms with Crippen molar-refractivity contribution in [3.63, 3.8) is 0 Å². The average molecular weight is 260 g/mol. The van der Waals surface area contributed by atoms with E-state index < -0.39 is 15.9 Å². The van der Waals surface area contributed by atoms with Gasteiger partial charge < -0.3 is 14.6 Å². The van der Waals surface area contributed by atoms with Gasteiger partial charge in [0, 0.05) is 11.8 Å². The summed E-state index contributed by atoms with van der Waals surface area (Å²) in [6.07, 6.45) is 0.0978. The number of sulfone groups is 1. The van der Waals surface area contributed by atoms with Crippen LogP contribution in [0.15, 0.2) is 17.0 Å². The number of hydrogen-bond donors (Lipinski definition) is 1. The molecule has 0 amide bonds. The molecule has 0 bridgehead atoms. The van der Waals surface area contributed by atoms with Gasteiger partial charge in [0.2, 0.25) is 0 Å². The Balaban J connectivity index is 3.71. The van der Waals surface area contributed by atoms with E-state index in [2.05, 4.69) is 0 Å². The highest BCUT2D eigenvalue weighted by Crippen LogP contribution is 2.37. The van der Waals surface area contributed by atoms with Crippen molar-refractivity contribution in [2.75, 3.05) is 20.5 Å². The Labute approximate surface area is 101 Å². The van der Waals surface area contributed by atoms with E-state index in [1.807, 2.05) is 0 Å². The van der Waals surface area contributed by atoms with Crippen LogP contribution in [0.25, 0.3) is 0 Å². The van der Waals surface area contributed by atoms with E-state index in [4.69, 9.17) is 9.47 Å². The molecule has 0 aliphatic rings. The largest absolute Gasteiger partial charge is 0.496 e. The Morgan fingerprint density at radius 1 is 1.18 bits per heavy atom. The van der Waals surface area contributed by atoms with Crippen molar-refractivity contribution in [1.29, 1.82) is 0 Å². The van der Waals surface area contributed by atoms with Gasteiger partial charge in [-0.2, -0.15) is 0 Å². The summed E-state index contributed by atoms with van der Waals surface area (Å²) in [4.78, 5) is -0.0330. The highest BCUT2D eigenvalue weighted by molar-refractivity contribution is 7.90. The van der Waals surface area contributed by atoms with Crippen molar-refractivity contribution < 1.29 is 23.0 Å². The molecule has 5 nitrogen and oxygen atoms in total. The van der Waals surface area contributed by atoms with E-state index in [-0.39, 0.29) is 16.2 Å². The van der Waals surface area contributed by atoms with Gasteiger partial charge in [0.25, 0.3) is 0 Å². The third-order valence-corrected chi connectivity index (χ3v) is 3.51. The fourth-order valence-electron chi connectivity index (χ4n) is 1.68. The Morgan fingerprint density at radius 3 is 2.00 bits per heavy atom. The molecule has 1 aromatic carbocycles. The molecule has 1 aromatic rings. The van der Waals surface area contributed by atoms with Gasteiger partial charge in [-0.25, -0.2) is 8.42 Å². The predicted molar refractivity (Wildman–Crippen MR) is 63.3 cm³/mol. The monoisotopic (exact) mass is 260 g/mol. The van der Waals surface area contributed by atoms with Crippen molar-refractivity contribution in [2.45, 2.75) is 17.9 Å². The fraction of sp³-hybridized carbons (Fsp3) is 0.455. The Hall–Kier alpha value is -1.27. The quantitative estimate of drug-likeness (QED) is 0.879. The van der Waals surface area contributed by atoms with Crippen LogP contribution in [0, 0.1) is 0 Å². The molecule has 17 heavy (non-hydrogen) atoms. The van der Waals surface area contributed by atoms with Gasteiger partial charge in [0.15, 0.2) is 9.84 Å². The molecule has 0 heterocycles. The van der Waals surface area contributed by atoms with Crippen LogP contribution in [0.2, 0.25) is 0 Å². The van der Waals surface area contributed by atoms with E-state index in [9.17, 15) is 13.5 Å². The summed E-state index contributed by atoms with van der Waals surface area (Å²) in [6.45, 7) is 1.48. The first-order chi connectivity index (χ1) is 7.82.